The molecule has 0 atom stereocenters. The van der Waals surface area contributed by atoms with Gasteiger partial charge in [-0.1, -0.05) is 29.3 Å². The van der Waals surface area contributed by atoms with E-state index in [4.69, 9.17) is 28.3 Å². The van der Waals surface area contributed by atoms with Crippen LogP contribution in [0.25, 0.3) is 22.0 Å². The summed E-state index contributed by atoms with van der Waals surface area (Å²) in [6.45, 7) is 0.516. The van der Waals surface area contributed by atoms with Gasteiger partial charge in [0, 0.05) is 30.7 Å². The average molecular weight is 337 g/mol. The molecule has 0 fully saturated rings. The van der Waals surface area contributed by atoms with Crippen molar-refractivity contribution in [3.8, 4) is 11.1 Å². The molecule has 3 aromatic rings. The highest BCUT2D eigenvalue weighted by Crippen LogP contribution is 2.36. The van der Waals surface area contributed by atoms with Crippen molar-refractivity contribution < 1.29 is 5.11 Å². The van der Waals surface area contributed by atoms with Crippen LogP contribution in [-0.4, -0.2) is 40.5 Å². The molecule has 3 rings (SSSR count). The molecule has 0 radical (unpaired) electrons. The summed E-state index contributed by atoms with van der Waals surface area (Å²) in [6, 6.07) is 5.61. The van der Waals surface area contributed by atoms with Crippen LogP contribution < -0.4 is 4.90 Å². The van der Waals surface area contributed by atoms with E-state index < -0.39 is 0 Å². The highest BCUT2D eigenvalue weighted by Gasteiger charge is 2.15. The second-order valence-electron chi connectivity index (χ2n) is 4.92. The summed E-state index contributed by atoms with van der Waals surface area (Å²) >= 11 is 12.4. The number of anilines is 1. The van der Waals surface area contributed by atoms with E-state index in [0.29, 0.717) is 27.9 Å². The average Bonchev–Trinajstić information content (AvgIpc) is 3.04. The minimum absolute atomic E-state index is 0.0422. The van der Waals surface area contributed by atoms with Crippen molar-refractivity contribution in [2.24, 2.45) is 0 Å². The molecule has 0 saturated heterocycles. The number of likely N-dealkylation sites (N-methyl/N-ethyl adjacent to an activating group) is 1. The summed E-state index contributed by atoms with van der Waals surface area (Å²) in [5.74, 6) is 0.710. The molecule has 0 aliphatic carbocycles. The van der Waals surface area contributed by atoms with Crippen molar-refractivity contribution in [1.82, 2.24) is 15.2 Å². The lowest BCUT2D eigenvalue weighted by Crippen LogP contribution is -2.22. The molecular formula is C15H14Cl2N4O. The number of aromatic nitrogens is 3. The number of aromatic amines is 1. The van der Waals surface area contributed by atoms with Gasteiger partial charge in [-0.3, -0.25) is 5.10 Å². The molecule has 2 aromatic heterocycles. The van der Waals surface area contributed by atoms with Crippen molar-refractivity contribution >= 4 is 39.9 Å². The number of hydrogen-bond donors (Lipinski definition) is 2. The number of aliphatic hydroxyl groups is 1. The zero-order valence-electron chi connectivity index (χ0n) is 11.8. The maximum Gasteiger partial charge on any atom is 0.129 e. The highest BCUT2D eigenvalue weighted by molar-refractivity contribution is 6.45. The predicted molar refractivity (Wildman–Crippen MR) is 89.7 cm³/mol. The van der Waals surface area contributed by atoms with Crippen LogP contribution in [0.5, 0.6) is 0 Å². The Balaban J connectivity index is 2.29. The summed E-state index contributed by atoms with van der Waals surface area (Å²) in [4.78, 5) is 6.45. The SMILES string of the molecule is CN(CCO)c1cc(-c2cn[nH]c2)c2ccc(Cl)c(Cl)c2n1. The van der Waals surface area contributed by atoms with Crippen LogP contribution in [0.3, 0.4) is 0 Å². The number of aliphatic hydroxyl groups excluding tert-OH is 1. The van der Waals surface area contributed by atoms with Gasteiger partial charge in [0.15, 0.2) is 0 Å². The van der Waals surface area contributed by atoms with Gasteiger partial charge in [0.05, 0.1) is 28.4 Å². The van der Waals surface area contributed by atoms with Crippen molar-refractivity contribution in [1.29, 1.82) is 0 Å². The summed E-state index contributed by atoms with van der Waals surface area (Å²) in [5, 5.41) is 17.7. The number of H-pyrrole nitrogens is 1. The second-order valence-corrected chi connectivity index (χ2v) is 5.70. The number of halogens is 2. The molecule has 1 aromatic carbocycles. The molecule has 114 valence electrons. The smallest absolute Gasteiger partial charge is 0.129 e. The molecule has 2 N–H and O–H groups in total. The minimum Gasteiger partial charge on any atom is -0.395 e. The highest BCUT2D eigenvalue weighted by atomic mass is 35.5. The normalized spacial score (nSPS) is 11.1. The monoisotopic (exact) mass is 336 g/mol. The van der Waals surface area contributed by atoms with E-state index in [1.54, 1.807) is 12.3 Å². The van der Waals surface area contributed by atoms with E-state index in [1.165, 1.54) is 0 Å². The van der Waals surface area contributed by atoms with Crippen molar-refractivity contribution in [2.75, 3.05) is 25.1 Å². The Morgan fingerprint density at radius 3 is 2.82 bits per heavy atom. The van der Waals surface area contributed by atoms with E-state index in [1.807, 2.05) is 30.3 Å². The number of pyridine rings is 1. The van der Waals surface area contributed by atoms with Gasteiger partial charge in [0.1, 0.15) is 5.82 Å². The summed E-state index contributed by atoms with van der Waals surface area (Å²) in [5.41, 5.74) is 2.52. The standard InChI is InChI=1S/C15H14Cl2N4O/c1-21(4-5-22)13-6-11(9-7-18-19-8-9)10-2-3-12(16)14(17)15(10)20-13/h2-3,6-8,22H,4-5H2,1H3,(H,18,19). The lowest BCUT2D eigenvalue weighted by Gasteiger charge is -2.19. The van der Waals surface area contributed by atoms with E-state index in [-0.39, 0.29) is 6.61 Å². The Labute approximate surface area is 137 Å². The molecule has 5 nitrogen and oxygen atoms in total. The number of nitrogens with zero attached hydrogens (tertiary/aromatic N) is 3. The fourth-order valence-corrected chi connectivity index (χ4v) is 2.68. The molecule has 0 amide bonds. The molecule has 0 bridgehead atoms. The van der Waals surface area contributed by atoms with Crippen molar-refractivity contribution in [3.63, 3.8) is 0 Å². The van der Waals surface area contributed by atoms with E-state index in [2.05, 4.69) is 15.2 Å². The largest absolute Gasteiger partial charge is 0.395 e. The second kappa shape index (κ2) is 6.12. The first kappa shape index (κ1) is 15.1. The van der Waals surface area contributed by atoms with Crippen LogP contribution >= 0.6 is 23.2 Å². The van der Waals surface area contributed by atoms with E-state index in [0.717, 1.165) is 16.5 Å². The third-order valence-electron chi connectivity index (χ3n) is 3.49. The number of benzene rings is 1. The predicted octanol–water partition coefficient (Wildman–Crippen LogP) is 3.36. The minimum atomic E-state index is 0.0422. The molecule has 0 spiro atoms. The lowest BCUT2D eigenvalue weighted by molar-refractivity contribution is 0.304. The third kappa shape index (κ3) is 2.63. The Morgan fingerprint density at radius 2 is 2.14 bits per heavy atom. The van der Waals surface area contributed by atoms with Gasteiger partial charge in [-0.05, 0) is 17.7 Å². The van der Waals surface area contributed by atoms with Crippen LogP contribution in [-0.2, 0) is 0 Å². The van der Waals surface area contributed by atoms with Crippen LogP contribution in [0.2, 0.25) is 10.0 Å². The zero-order valence-corrected chi connectivity index (χ0v) is 13.4. The van der Waals surface area contributed by atoms with E-state index in [9.17, 15) is 0 Å². The van der Waals surface area contributed by atoms with Crippen molar-refractivity contribution in [2.45, 2.75) is 0 Å². The molecular weight excluding hydrogens is 323 g/mol. The number of rotatable bonds is 4. The lowest BCUT2D eigenvalue weighted by atomic mass is 10.0. The van der Waals surface area contributed by atoms with Crippen molar-refractivity contribution in [3.05, 3.63) is 40.6 Å². The molecule has 2 heterocycles. The van der Waals surface area contributed by atoms with Gasteiger partial charge in [0.2, 0.25) is 0 Å². The number of nitrogens with one attached hydrogen (secondary N) is 1. The fraction of sp³-hybridized carbons (Fsp3) is 0.200. The first-order valence-electron chi connectivity index (χ1n) is 6.71. The van der Waals surface area contributed by atoms with Gasteiger partial charge in [-0.25, -0.2) is 4.98 Å². The van der Waals surface area contributed by atoms with Crippen LogP contribution in [0.15, 0.2) is 30.6 Å². The quantitative estimate of drug-likeness (QED) is 0.766. The third-order valence-corrected chi connectivity index (χ3v) is 4.29. The van der Waals surface area contributed by atoms with Crippen LogP contribution in [0.4, 0.5) is 5.82 Å². The summed E-state index contributed by atoms with van der Waals surface area (Å²) in [6.07, 6.45) is 3.56. The topological polar surface area (TPSA) is 65.0 Å². The number of hydrogen-bond acceptors (Lipinski definition) is 4. The Kier molecular flexibility index (Phi) is 4.20. The first-order valence-corrected chi connectivity index (χ1v) is 7.47. The molecule has 0 unspecified atom stereocenters. The van der Waals surface area contributed by atoms with Gasteiger partial charge < -0.3 is 10.0 Å². The Morgan fingerprint density at radius 1 is 1.32 bits per heavy atom. The molecule has 22 heavy (non-hydrogen) atoms. The van der Waals surface area contributed by atoms with Gasteiger partial charge in [-0.2, -0.15) is 5.10 Å². The Hall–Kier alpha value is -1.82. The number of fused-ring (bicyclic) bond motifs is 1. The maximum absolute atomic E-state index is 9.13. The summed E-state index contributed by atoms with van der Waals surface area (Å²) in [7, 11) is 1.86. The zero-order chi connectivity index (χ0) is 15.7. The molecule has 0 aliphatic heterocycles. The summed E-state index contributed by atoms with van der Waals surface area (Å²) < 4.78 is 0. The van der Waals surface area contributed by atoms with E-state index >= 15 is 0 Å². The van der Waals surface area contributed by atoms with Gasteiger partial charge in [0.25, 0.3) is 0 Å². The molecule has 7 heteroatoms. The molecule has 0 aliphatic rings. The van der Waals surface area contributed by atoms with Crippen LogP contribution in [0, 0.1) is 0 Å². The fourth-order valence-electron chi connectivity index (χ4n) is 2.32. The Bertz CT molecular complexity index is 805. The first-order chi connectivity index (χ1) is 10.6. The van der Waals surface area contributed by atoms with Crippen LogP contribution in [0.1, 0.15) is 0 Å². The molecule has 0 saturated carbocycles. The van der Waals surface area contributed by atoms with Gasteiger partial charge in [-0.15, -0.1) is 0 Å². The van der Waals surface area contributed by atoms with Gasteiger partial charge >= 0.3 is 0 Å². The maximum atomic E-state index is 9.13.